The number of nitrogens with zero attached hydrogens (tertiary/aromatic N) is 2. The normalized spacial score (nSPS) is 12.0. The highest BCUT2D eigenvalue weighted by molar-refractivity contribution is 6.07. The number of anilines is 1. The number of nitrogens with one attached hydrogen (secondary N) is 1. The molecule has 1 aliphatic heterocycles. The summed E-state index contributed by atoms with van der Waals surface area (Å²) in [6.45, 7) is 2.80. The molecule has 0 bridgehead atoms. The molecule has 29 heavy (non-hydrogen) atoms. The Morgan fingerprint density at radius 3 is 2.59 bits per heavy atom. The van der Waals surface area contributed by atoms with Crippen LogP contribution in [0, 0.1) is 5.82 Å². The molecule has 0 spiro atoms. The molecule has 1 aliphatic rings. The van der Waals surface area contributed by atoms with Crippen molar-refractivity contribution in [1.29, 1.82) is 0 Å². The molecule has 0 saturated heterocycles. The molecule has 3 aromatic rings. The first kappa shape index (κ1) is 18.7. The van der Waals surface area contributed by atoms with Gasteiger partial charge in [0.1, 0.15) is 23.1 Å². The largest absolute Gasteiger partial charge is 0.454 e. The van der Waals surface area contributed by atoms with Crippen molar-refractivity contribution in [3.63, 3.8) is 0 Å². The smallest absolute Gasteiger partial charge is 0.255 e. The van der Waals surface area contributed by atoms with Crippen molar-refractivity contribution in [2.24, 2.45) is 4.99 Å². The van der Waals surface area contributed by atoms with Gasteiger partial charge in [0.05, 0.1) is 5.56 Å². The number of fused-ring (bicyclic) bond motifs is 2. The van der Waals surface area contributed by atoms with E-state index in [4.69, 9.17) is 9.73 Å². The highest BCUT2D eigenvalue weighted by Crippen LogP contribution is 2.38. The Hall–Kier alpha value is -3.67. The van der Waals surface area contributed by atoms with Crippen LogP contribution in [0.4, 0.5) is 15.8 Å². The number of amidine groups is 1. The number of amides is 1. The number of rotatable bonds is 3. The van der Waals surface area contributed by atoms with Crippen LogP contribution in [0.3, 0.4) is 0 Å². The van der Waals surface area contributed by atoms with E-state index < -0.39 is 0 Å². The van der Waals surface area contributed by atoms with Crippen LogP contribution in [0.1, 0.15) is 22.8 Å². The van der Waals surface area contributed by atoms with Crippen LogP contribution in [0.5, 0.6) is 11.5 Å². The molecule has 1 amide bonds. The molecule has 0 unspecified atom stereocenters. The molecule has 1 heterocycles. The summed E-state index contributed by atoms with van der Waals surface area (Å²) in [5, 5.41) is 2.86. The van der Waals surface area contributed by atoms with Gasteiger partial charge in [-0.3, -0.25) is 4.79 Å². The predicted octanol–water partition coefficient (Wildman–Crippen LogP) is 5.21. The monoisotopic (exact) mass is 389 g/mol. The third kappa shape index (κ3) is 3.82. The van der Waals surface area contributed by atoms with E-state index in [9.17, 15) is 9.18 Å². The Morgan fingerprint density at radius 2 is 1.83 bits per heavy atom. The fourth-order valence-electron chi connectivity index (χ4n) is 3.05. The predicted molar refractivity (Wildman–Crippen MR) is 112 cm³/mol. The summed E-state index contributed by atoms with van der Waals surface area (Å²) in [5.74, 6) is 1.40. The number of para-hydroxylation sites is 2. The highest BCUT2D eigenvalue weighted by atomic mass is 19.1. The maximum Gasteiger partial charge on any atom is 0.255 e. The minimum atomic E-state index is -0.383. The molecule has 1 N–H and O–H groups in total. The van der Waals surface area contributed by atoms with Gasteiger partial charge in [-0.2, -0.15) is 0 Å². The molecule has 0 radical (unpaired) electrons. The fourth-order valence-corrected chi connectivity index (χ4v) is 3.05. The van der Waals surface area contributed by atoms with Crippen molar-refractivity contribution < 1.29 is 13.9 Å². The van der Waals surface area contributed by atoms with Crippen LogP contribution in [0.2, 0.25) is 0 Å². The summed E-state index contributed by atoms with van der Waals surface area (Å²) >= 11 is 0. The Morgan fingerprint density at radius 1 is 1.07 bits per heavy atom. The average Bonchev–Trinajstić information content (AvgIpc) is 2.90. The summed E-state index contributed by atoms with van der Waals surface area (Å²) in [4.78, 5) is 19.3. The van der Waals surface area contributed by atoms with Gasteiger partial charge in [-0.15, -0.1) is 0 Å². The van der Waals surface area contributed by atoms with Crippen molar-refractivity contribution in [3.8, 4) is 11.5 Å². The van der Waals surface area contributed by atoms with Gasteiger partial charge in [0.25, 0.3) is 5.91 Å². The third-order valence-corrected chi connectivity index (χ3v) is 4.73. The Kier molecular flexibility index (Phi) is 4.99. The summed E-state index contributed by atoms with van der Waals surface area (Å²) < 4.78 is 19.2. The Labute approximate surface area is 168 Å². The van der Waals surface area contributed by atoms with E-state index in [0.717, 1.165) is 23.6 Å². The number of carbonyl (C=O) groups excluding carboxylic acids is 1. The van der Waals surface area contributed by atoms with Gasteiger partial charge in [0.2, 0.25) is 0 Å². The zero-order valence-electron chi connectivity index (χ0n) is 16.1. The molecule has 4 rings (SSSR count). The van der Waals surface area contributed by atoms with Crippen LogP contribution >= 0.6 is 0 Å². The molecule has 0 aromatic heterocycles. The lowest BCUT2D eigenvalue weighted by Crippen LogP contribution is -2.27. The molecule has 6 heteroatoms. The number of aliphatic imine (C=N–C) groups is 1. The van der Waals surface area contributed by atoms with Gasteiger partial charge < -0.3 is 15.0 Å². The Balaban J connectivity index is 1.71. The number of benzene rings is 3. The molecule has 0 saturated carbocycles. The first-order valence-corrected chi connectivity index (χ1v) is 9.33. The van der Waals surface area contributed by atoms with Crippen molar-refractivity contribution in [3.05, 3.63) is 83.7 Å². The van der Waals surface area contributed by atoms with E-state index in [1.165, 1.54) is 24.3 Å². The van der Waals surface area contributed by atoms with Crippen LogP contribution in [-0.2, 0) is 0 Å². The number of hydrogen-bond acceptors (Lipinski definition) is 4. The van der Waals surface area contributed by atoms with E-state index in [-0.39, 0.29) is 11.7 Å². The van der Waals surface area contributed by atoms with Gasteiger partial charge in [0.15, 0.2) is 5.75 Å². The van der Waals surface area contributed by atoms with Crippen LogP contribution < -0.4 is 10.1 Å². The summed E-state index contributed by atoms with van der Waals surface area (Å²) in [7, 11) is 1.96. The average molecular weight is 389 g/mol. The second-order valence-corrected chi connectivity index (χ2v) is 6.69. The van der Waals surface area contributed by atoms with Gasteiger partial charge in [-0.25, -0.2) is 9.38 Å². The van der Waals surface area contributed by atoms with E-state index >= 15 is 0 Å². The quantitative estimate of drug-likeness (QED) is 0.669. The maximum absolute atomic E-state index is 13.1. The van der Waals surface area contributed by atoms with Crippen molar-refractivity contribution in [2.75, 3.05) is 18.9 Å². The second kappa shape index (κ2) is 7.75. The zero-order chi connectivity index (χ0) is 20.4. The number of halogens is 1. The van der Waals surface area contributed by atoms with Crippen LogP contribution in [0.25, 0.3) is 0 Å². The van der Waals surface area contributed by atoms with Crippen LogP contribution in [-0.4, -0.2) is 30.2 Å². The first-order chi connectivity index (χ1) is 14.0. The molecule has 5 nitrogen and oxygen atoms in total. The number of ether oxygens (including phenoxy) is 1. The summed E-state index contributed by atoms with van der Waals surface area (Å²) in [6.07, 6.45) is 0. The molecule has 146 valence electrons. The topological polar surface area (TPSA) is 53.9 Å². The van der Waals surface area contributed by atoms with E-state index in [0.29, 0.717) is 22.7 Å². The minimum absolute atomic E-state index is 0.315. The molecule has 3 aromatic carbocycles. The molecular formula is C23H20FN3O2. The minimum Gasteiger partial charge on any atom is -0.454 e. The number of carbonyl (C=O) groups is 1. The molecular weight excluding hydrogens is 369 g/mol. The van der Waals surface area contributed by atoms with Gasteiger partial charge in [0, 0.05) is 24.8 Å². The molecule has 0 fully saturated rings. The third-order valence-electron chi connectivity index (χ3n) is 4.73. The summed E-state index contributed by atoms with van der Waals surface area (Å²) in [5.41, 5.74) is 2.51. The number of hydrogen-bond donors (Lipinski definition) is 1. The first-order valence-electron chi connectivity index (χ1n) is 9.33. The standard InChI is InChI=1S/C23H20FN3O2/c1-3-27(2)22-18-14-17(25-23(28)15-8-10-16(24)11-9-15)12-13-20(18)29-21-7-5-4-6-19(21)26-22/h4-14H,3H2,1-2H3,(H,25,28). The SMILES string of the molecule is CCN(C)C1=Nc2ccccc2Oc2ccc(NC(=O)c3ccc(F)cc3)cc21. The van der Waals surface area contributed by atoms with Crippen molar-refractivity contribution in [2.45, 2.75) is 6.92 Å². The summed E-state index contributed by atoms with van der Waals surface area (Å²) in [6, 6.07) is 18.5. The Bertz CT molecular complexity index is 1090. The molecule has 0 aliphatic carbocycles. The van der Waals surface area contributed by atoms with Crippen LogP contribution in [0.15, 0.2) is 71.7 Å². The van der Waals surface area contributed by atoms with Crippen molar-refractivity contribution in [1.82, 2.24) is 4.90 Å². The van der Waals surface area contributed by atoms with E-state index in [2.05, 4.69) is 5.32 Å². The fraction of sp³-hybridized carbons (Fsp3) is 0.130. The lowest BCUT2D eigenvalue weighted by molar-refractivity contribution is 0.102. The van der Waals surface area contributed by atoms with Gasteiger partial charge in [-0.1, -0.05) is 12.1 Å². The molecule has 0 atom stereocenters. The lowest BCUT2D eigenvalue weighted by Gasteiger charge is -2.20. The lowest BCUT2D eigenvalue weighted by atomic mass is 10.1. The van der Waals surface area contributed by atoms with Gasteiger partial charge in [-0.05, 0) is 61.5 Å². The van der Waals surface area contributed by atoms with E-state index in [1.54, 1.807) is 6.07 Å². The van der Waals surface area contributed by atoms with Gasteiger partial charge >= 0.3 is 0 Å². The zero-order valence-corrected chi connectivity index (χ0v) is 16.1. The van der Waals surface area contributed by atoms with E-state index in [1.807, 2.05) is 55.3 Å². The highest BCUT2D eigenvalue weighted by Gasteiger charge is 2.21. The maximum atomic E-state index is 13.1. The second-order valence-electron chi connectivity index (χ2n) is 6.69. The van der Waals surface area contributed by atoms with Crippen molar-refractivity contribution >= 4 is 23.1 Å².